The van der Waals surface area contributed by atoms with Crippen LogP contribution >= 0.6 is 0 Å². The maximum absolute atomic E-state index is 4.63. The molecule has 1 aliphatic heterocycles. The Kier molecular flexibility index (Phi) is 4.39. The first-order valence-corrected chi connectivity index (χ1v) is 7.32. The summed E-state index contributed by atoms with van der Waals surface area (Å²) in [4.78, 5) is 4.63. The predicted molar refractivity (Wildman–Crippen MR) is 76.7 cm³/mol. The van der Waals surface area contributed by atoms with Gasteiger partial charge in [-0.15, -0.1) is 0 Å². The van der Waals surface area contributed by atoms with E-state index < -0.39 is 0 Å². The van der Waals surface area contributed by atoms with E-state index in [4.69, 9.17) is 0 Å². The van der Waals surface area contributed by atoms with Crippen LogP contribution < -0.4 is 5.32 Å². The van der Waals surface area contributed by atoms with Crippen LogP contribution in [-0.4, -0.2) is 17.1 Å². The number of aryl methyl sites for hydroxylation is 1. The third-order valence-corrected chi connectivity index (χ3v) is 3.94. The standard InChI is InChI=1S/C16H26N2/c1-4-14-6-7-15(17-12-14)11-16(10-13(2)3)8-5-9-18-16/h6-7,12-13,18H,4-5,8-11H2,1-3H3. The topological polar surface area (TPSA) is 24.9 Å². The largest absolute Gasteiger partial charge is 0.311 e. The van der Waals surface area contributed by atoms with Crippen molar-refractivity contribution in [1.29, 1.82) is 0 Å². The third-order valence-electron chi connectivity index (χ3n) is 3.94. The normalized spacial score (nSPS) is 23.8. The van der Waals surface area contributed by atoms with Gasteiger partial charge in [0.15, 0.2) is 0 Å². The molecule has 0 aliphatic carbocycles. The fourth-order valence-corrected chi connectivity index (χ4v) is 3.16. The van der Waals surface area contributed by atoms with Crippen LogP contribution in [0, 0.1) is 5.92 Å². The molecule has 1 aliphatic rings. The van der Waals surface area contributed by atoms with Gasteiger partial charge in [0.2, 0.25) is 0 Å². The second kappa shape index (κ2) is 5.83. The second-order valence-corrected chi connectivity index (χ2v) is 6.10. The van der Waals surface area contributed by atoms with Crippen LogP contribution in [0.4, 0.5) is 0 Å². The van der Waals surface area contributed by atoms with Gasteiger partial charge in [-0.3, -0.25) is 4.98 Å². The predicted octanol–water partition coefficient (Wildman–Crippen LogP) is 3.35. The first kappa shape index (κ1) is 13.5. The minimum absolute atomic E-state index is 0.300. The fraction of sp³-hybridized carbons (Fsp3) is 0.688. The Balaban J connectivity index is 2.08. The number of hydrogen-bond acceptors (Lipinski definition) is 2. The van der Waals surface area contributed by atoms with Crippen molar-refractivity contribution >= 4 is 0 Å². The molecule has 0 amide bonds. The number of aromatic nitrogens is 1. The van der Waals surface area contributed by atoms with Crippen molar-refractivity contribution in [2.75, 3.05) is 6.54 Å². The molecule has 1 unspecified atom stereocenters. The molecule has 1 atom stereocenters. The summed E-state index contributed by atoms with van der Waals surface area (Å²) < 4.78 is 0. The number of nitrogens with one attached hydrogen (secondary N) is 1. The quantitative estimate of drug-likeness (QED) is 0.861. The average molecular weight is 246 g/mol. The van der Waals surface area contributed by atoms with Gasteiger partial charge in [-0.1, -0.05) is 26.8 Å². The lowest BCUT2D eigenvalue weighted by Crippen LogP contribution is -2.43. The Morgan fingerprint density at radius 1 is 1.39 bits per heavy atom. The number of pyridine rings is 1. The summed E-state index contributed by atoms with van der Waals surface area (Å²) in [6.45, 7) is 7.97. The molecular formula is C16H26N2. The highest BCUT2D eigenvalue weighted by molar-refractivity contribution is 5.16. The molecule has 1 N–H and O–H groups in total. The summed E-state index contributed by atoms with van der Waals surface area (Å²) in [5, 5.41) is 3.74. The van der Waals surface area contributed by atoms with Gasteiger partial charge in [-0.2, -0.15) is 0 Å². The van der Waals surface area contributed by atoms with E-state index in [-0.39, 0.29) is 0 Å². The molecule has 0 radical (unpaired) electrons. The van der Waals surface area contributed by atoms with Gasteiger partial charge in [-0.25, -0.2) is 0 Å². The molecule has 0 bridgehead atoms. The van der Waals surface area contributed by atoms with Crippen molar-refractivity contribution in [3.05, 3.63) is 29.6 Å². The maximum atomic E-state index is 4.63. The highest BCUT2D eigenvalue weighted by atomic mass is 15.0. The van der Waals surface area contributed by atoms with Gasteiger partial charge in [0.1, 0.15) is 0 Å². The molecular weight excluding hydrogens is 220 g/mol. The molecule has 2 heteroatoms. The number of nitrogens with zero attached hydrogens (tertiary/aromatic N) is 1. The van der Waals surface area contributed by atoms with Gasteiger partial charge >= 0.3 is 0 Å². The molecule has 0 spiro atoms. The highest BCUT2D eigenvalue weighted by Gasteiger charge is 2.34. The van der Waals surface area contributed by atoms with E-state index in [1.165, 1.54) is 37.1 Å². The molecule has 18 heavy (non-hydrogen) atoms. The third kappa shape index (κ3) is 3.32. The summed E-state index contributed by atoms with van der Waals surface area (Å²) in [5.41, 5.74) is 2.87. The average Bonchev–Trinajstić information content (AvgIpc) is 2.77. The second-order valence-electron chi connectivity index (χ2n) is 6.10. The van der Waals surface area contributed by atoms with Crippen LogP contribution in [0.2, 0.25) is 0 Å². The van der Waals surface area contributed by atoms with Crippen LogP contribution in [0.15, 0.2) is 18.3 Å². The van der Waals surface area contributed by atoms with Crippen LogP contribution in [-0.2, 0) is 12.8 Å². The van der Waals surface area contributed by atoms with Crippen molar-refractivity contribution in [3.8, 4) is 0 Å². The van der Waals surface area contributed by atoms with Gasteiger partial charge in [-0.05, 0) is 49.8 Å². The van der Waals surface area contributed by atoms with E-state index in [1.807, 2.05) is 6.20 Å². The Bertz CT molecular complexity index is 361. The van der Waals surface area contributed by atoms with Gasteiger partial charge in [0.25, 0.3) is 0 Å². The van der Waals surface area contributed by atoms with Gasteiger partial charge in [0, 0.05) is 23.9 Å². The summed E-state index contributed by atoms with van der Waals surface area (Å²) >= 11 is 0. The van der Waals surface area contributed by atoms with E-state index >= 15 is 0 Å². The molecule has 1 aromatic rings. The van der Waals surface area contributed by atoms with Crippen molar-refractivity contribution in [1.82, 2.24) is 10.3 Å². The molecule has 2 heterocycles. The van der Waals surface area contributed by atoms with E-state index in [9.17, 15) is 0 Å². The van der Waals surface area contributed by atoms with Gasteiger partial charge in [0.05, 0.1) is 0 Å². The molecule has 0 saturated carbocycles. The minimum Gasteiger partial charge on any atom is -0.311 e. The highest BCUT2D eigenvalue weighted by Crippen LogP contribution is 2.30. The fourth-order valence-electron chi connectivity index (χ4n) is 3.16. The van der Waals surface area contributed by atoms with Crippen LogP contribution in [0.5, 0.6) is 0 Å². The first-order valence-electron chi connectivity index (χ1n) is 7.32. The van der Waals surface area contributed by atoms with E-state index in [0.717, 1.165) is 18.8 Å². The SMILES string of the molecule is CCc1ccc(CC2(CC(C)C)CCCN2)nc1. The summed E-state index contributed by atoms with van der Waals surface area (Å²) in [5.74, 6) is 0.741. The van der Waals surface area contributed by atoms with Crippen molar-refractivity contribution in [2.45, 2.75) is 58.4 Å². The molecule has 2 nitrogen and oxygen atoms in total. The lowest BCUT2D eigenvalue weighted by molar-refractivity contribution is 0.299. The van der Waals surface area contributed by atoms with E-state index in [0.29, 0.717) is 5.54 Å². The Morgan fingerprint density at radius 2 is 2.22 bits per heavy atom. The summed E-state index contributed by atoms with van der Waals surface area (Å²) in [7, 11) is 0. The zero-order valence-electron chi connectivity index (χ0n) is 12.0. The van der Waals surface area contributed by atoms with Crippen LogP contribution in [0.25, 0.3) is 0 Å². The Morgan fingerprint density at radius 3 is 2.72 bits per heavy atom. The number of rotatable bonds is 5. The zero-order valence-corrected chi connectivity index (χ0v) is 12.0. The van der Waals surface area contributed by atoms with E-state index in [2.05, 4.69) is 43.2 Å². The van der Waals surface area contributed by atoms with Gasteiger partial charge < -0.3 is 5.32 Å². The Labute approximate surface area is 111 Å². The zero-order chi connectivity index (χ0) is 13.0. The van der Waals surface area contributed by atoms with Crippen LogP contribution in [0.1, 0.15) is 51.3 Å². The smallest absolute Gasteiger partial charge is 0.0422 e. The van der Waals surface area contributed by atoms with Crippen LogP contribution in [0.3, 0.4) is 0 Å². The van der Waals surface area contributed by atoms with Crippen molar-refractivity contribution < 1.29 is 0 Å². The molecule has 2 rings (SSSR count). The molecule has 0 aromatic carbocycles. The van der Waals surface area contributed by atoms with Crippen molar-refractivity contribution in [3.63, 3.8) is 0 Å². The molecule has 1 aromatic heterocycles. The summed E-state index contributed by atoms with van der Waals surface area (Å²) in [6, 6.07) is 4.43. The van der Waals surface area contributed by atoms with Crippen molar-refractivity contribution in [2.24, 2.45) is 5.92 Å². The van der Waals surface area contributed by atoms with E-state index in [1.54, 1.807) is 0 Å². The first-order chi connectivity index (χ1) is 8.63. The minimum atomic E-state index is 0.300. The maximum Gasteiger partial charge on any atom is 0.0422 e. The Hall–Kier alpha value is -0.890. The lowest BCUT2D eigenvalue weighted by Gasteiger charge is -2.31. The summed E-state index contributed by atoms with van der Waals surface area (Å²) in [6.07, 6.45) is 8.04. The molecule has 1 fully saturated rings. The molecule has 1 saturated heterocycles. The monoisotopic (exact) mass is 246 g/mol. The number of hydrogen-bond donors (Lipinski definition) is 1. The molecule has 100 valence electrons. The lowest BCUT2D eigenvalue weighted by atomic mass is 9.83.